The van der Waals surface area contributed by atoms with Crippen molar-refractivity contribution >= 4 is 31.2 Å². The number of ether oxygens (including phenoxy) is 1. The highest BCUT2D eigenvalue weighted by atomic mass is 35.5. The van der Waals surface area contributed by atoms with Crippen molar-refractivity contribution < 1.29 is 23.7 Å². The van der Waals surface area contributed by atoms with Crippen LogP contribution in [0.3, 0.4) is 0 Å². The molecule has 1 unspecified atom stereocenters. The van der Waals surface area contributed by atoms with E-state index < -0.39 is 8.03 Å². The Kier molecular flexibility index (Phi) is 7.68. The van der Waals surface area contributed by atoms with E-state index in [0.717, 1.165) is 11.1 Å². The fourth-order valence-corrected chi connectivity index (χ4v) is 3.84. The molecule has 1 atom stereocenters. The van der Waals surface area contributed by atoms with Crippen LogP contribution in [0, 0.1) is 5.82 Å². The Morgan fingerprint density at radius 1 is 0.933 bits per heavy atom. The molecule has 0 radical (unpaired) electrons. The van der Waals surface area contributed by atoms with Gasteiger partial charge in [-0.1, -0.05) is 47.5 Å². The monoisotopic (exact) mass is 467 g/mol. The lowest BCUT2D eigenvalue weighted by atomic mass is 9.98. The highest BCUT2D eigenvalue weighted by molar-refractivity contribution is 7.38. The molecule has 0 aromatic heterocycles. The minimum atomic E-state index is -2.26. The molecule has 0 saturated carbocycles. The smallest absolute Gasteiger partial charge is 0.508 e. The summed E-state index contributed by atoms with van der Waals surface area (Å²) in [7, 11) is -2.26. The van der Waals surface area contributed by atoms with Gasteiger partial charge in [0, 0.05) is 22.9 Å². The molecule has 0 heterocycles. The van der Waals surface area contributed by atoms with Crippen molar-refractivity contribution in [1.29, 1.82) is 0 Å². The van der Waals surface area contributed by atoms with E-state index in [9.17, 15) is 14.1 Å². The topological polar surface area (TPSA) is 66.8 Å². The molecule has 3 aromatic carbocycles. The zero-order valence-electron chi connectivity index (χ0n) is 15.8. The molecule has 0 amide bonds. The van der Waals surface area contributed by atoms with E-state index in [1.165, 1.54) is 12.1 Å². The van der Waals surface area contributed by atoms with Crippen molar-refractivity contribution in [2.24, 2.45) is 0 Å². The molecule has 0 aliphatic heterocycles. The molecule has 0 bridgehead atoms. The minimum Gasteiger partial charge on any atom is -0.508 e. The van der Waals surface area contributed by atoms with Crippen LogP contribution in [0.15, 0.2) is 54.6 Å². The Bertz CT molecular complexity index is 1030. The van der Waals surface area contributed by atoms with Gasteiger partial charge in [0.15, 0.2) is 0 Å². The lowest BCUT2D eigenvalue weighted by Crippen LogP contribution is -2.01. The maximum Gasteiger partial charge on any atom is 0.509 e. The highest BCUT2D eigenvalue weighted by Gasteiger charge is 2.14. The molecule has 156 valence electrons. The second-order valence-electron chi connectivity index (χ2n) is 6.73. The molecule has 3 aromatic rings. The predicted octanol–water partition coefficient (Wildman–Crippen LogP) is 6.13. The largest absolute Gasteiger partial charge is 0.509 e. The second kappa shape index (κ2) is 10.2. The van der Waals surface area contributed by atoms with E-state index in [1.54, 1.807) is 36.4 Å². The minimum absolute atomic E-state index is 0.0245. The van der Waals surface area contributed by atoms with Crippen LogP contribution in [-0.2, 0) is 17.4 Å². The van der Waals surface area contributed by atoms with Crippen LogP contribution in [0.5, 0.6) is 11.5 Å². The van der Waals surface area contributed by atoms with Crippen molar-refractivity contribution in [2.75, 3.05) is 12.8 Å². The van der Waals surface area contributed by atoms with Crippen LogP contribution in [0.25, 0.3) is 0 Å². The summed E-state index contributed by atoms with van der Waals surface area (Å²) in [6.07, 6.45) is 0.926. The molecule has 0 fully saturated rings. The van der Waals surface area contributed by atoms with Gasteiger partial charge in [-0.15, -0.1) is 0 Å². The average Bonchev–Trinajstić information content (AvgIpc) is 2.68. The van der Waals surface area contributed by atoms with Crippen molar-refractivity contribution in [1.82, 2.24) is 0 Å². The molecule has 30 heavy (non-hydrogen) atoms. The number of aromatic hydroxyl groups is 1. The van der Waals surface area contributed by atoms with Gasteiger partial charge < -0.3 is 9.84 Å². The van der Waals surface area contributed by atoms with Crippen molar-refractivity contribution in [3.8, 4) is 11.5 Å². The molecular formula is C22H19Cl2FO4P+. The first-order valence-electron chi connectivity index (χ1n) is 9.11. The van der Waals surface area contributed by atoms with Gasteiger partial charge in [-0.3, -0.25) is 0 Å². The van der Waals surface area contributed by atoms with Gasteiger partial charge in [0.05, 0.1) is 0 Å². The SMILES string of the molecule is O=[P+](O)CCOc1cc(Cl)c(Cc2ccc(O)c(Cc3ccc(F)cc3)c2)c(Cl)c1. The first kappa shape index (κ1) is 22.5. The summed E-state index contributed by atoms with van der Waals surface area (Å²) in [5.41, 5.74) is 3.20. The van der Waals surface area contributed by atoms with E-state index in [0.29, 0.717) is 39.8 Å². The summed E-state index contributed by atoms with van der Waals surface area (Å²) in [6.45, 7) is 0.0857. The van der Waals surface area contributed by atoms with Gasteiger partial charge in [0.2, 0.25) is 6.16 Å². The Labute approximate surface area is 184 Å². The summed E-state index contributed by atoms with van der Waals surface area (Å²) < 4.78 is 29.3. The van der Waals surface area contributed by atoms with Crippen molar-refractivity contribution in [3.05, 3.63) is 92.7 Å². The van der Waals surface area contributed by atoms with Crippen LogP contribution < -0.4 is 4.74 Å². The third-order valence-corrected chi connectivity index (χ3v) is 5.74. The number of rotatable bonds is 8. The third-order valence-electron chi connectivity index (χ3n) is 4.50. The number of benzene rings is 3. The first-order chi connectivity index (χ1) is 14.3. The van der Waals surface area contributed by atoms with Gasteiger partial charge >= 0.3 is 8.03 Å². The average molecular weight is 468 g/mol. The van der Waals surface area contributed by atoms with Crippen molar-refractivity contribution in [3.63, 3.8) is 0 Å². The van der Waals surface area contributed by atoms with E-state index in [1.807, 2.05) is 6.07 Å². The van der Waals surface area contributed by atoms with Crippen LogP contribution in [0.2, 0.25) is 10.0 Å². The number of halogens is 3. The summed E-state index contributed by atoms with van der Waals surface area (Å²) in [5, 5.41) is 11.0. The molecule has 0 aliphatic carbocycles. The zero-order chi connectivity index (χ0) is 21.7. The Hall–Kier alpha value is -2.17. The summed E-state index contributed by atoms with van der Waals surface area (Å²) in [4.78, 5) is 8.84. The number of phenols is 1. The number of phenolic OH excluding ortho intramolecular Hbond substituents is 1. The zero-order valence-corrected chi connectivity index (χ0v) is 18.2. The first-order valence-corrected chi connectivity index (χ1v) is 11.3. The standard InChI is InChI=1S/C22H18Cl2FO4P/c23-20-12-18(29-7-8-30(27)28)13-21(24)19(20)11-15-3-6-22(26)16(10-15)9-14-1-4-17(25)5-2-14/h1-6,10,12-13H,7-9,11H2,(H-,26,27,28)/p+1. The molecule has 2 N–H and O–H groups in total. The molecular weight excluding hydrogens is 449 g/mol. The van der Waals surface area contributed by atoms with Gasteiger partial charge in [0.25, 0.3) is 0 Å². The van der Waals surface area contributed by atoms with E-state index >= 15 is 0 Å². The predicted molar refractivity (Wildman–Crippen MR) is 117 cm³/mol. The molecule has 0 aliphatic rings. The normalized spacial score (nSPS) is 11.4. The highest BCUT2D eigenvalue weighted by Crippen LogP contribution is 2.33. The number of hydrogen-bond donors (Lipinski definition) is 2. The van der Waals surface area contributed by atoms with Crippen LogP contribution in [0.4, 0.5) is 4.39 Å². The van der Waals surface area contributed by atoms with Crippen LogP contribution in [0.1, 0.15) is 22.3 Å². The second-order valence-corrected chi connectivity index (χ2v) is 8.70. The summed E-state index contributed by atoms with van der Waals surface area (Å²) >= 11 is 12.8. The molecule has 8 heteroatoms. The summed E-state index contributed by atoms with van der Waals surface area (Å²) in [6, 6.07) is 14.6. The van der Waals surface area contributed by atoms with Crippen molar-refractivity contribution in [2.45, 2.75) is 12.8 Å². The molecule has 0 saturated heterocycles. The molecule has 3 rings (SSSR count). The Morgan fingerprint density at radius 2 is 1.57 bits per heavy atom. The van der Waals surface area contributed by atoms with Gasteiger partial charge in [-0.05, 0) is 57.2 Å². The van der Waals surface area contributed by atoms with Gasteiger partial charge in [-0.25, -0.2) is 4.39 Å². The van der Waals surface area contributed by atoms with Gasteiger partial charge in [0.1, 0.15) is 23.9 Å². The fraction of sp³-hybridized carbons (Fsp3) is 0.182. The lowest BCUT2D eigenvalue weighted by molar-refractivity contribution is 0.337. The molecule has 4 nitrogen and oxygen atoms in total. The van der Waals surface area contributed by atoms with Gasteiger partial charge in [-0.2, -0.15) is 4.89 Å². The third kappa shape index (κ3) is 6.16. The fourth-order valence-electron chi connectivity index (χ4n) is 2.99. The quantitative estimate of drug-likeness (QED) is 0.390. The van der Waals surface area contributed by atoms with E-state index in [2.05, 4.69) is 0 Å². The maximum atomic E-state index is 13.1. The van der Waals surface area contributed by atoms with Crippen LogP contribution in [-0.4, -0.2) is 22.8 Å². The van der Waals surface area contributed by atoms with Crippen LogP contribution >= 0.6 is 31.2 Å². The Morgan fingerprint density at radius 3 is 2.20 bits per heavy atom. The summed E-state index contributed by atoms with van der Waals surface area (Å²) in [5.74, 6) is 0.276. The lowest BCUT2D eigenvalue weighted by Gasteiger charge is -2.12. The molecule has 0 spiro atoms. The number of hydrogen-bond acceptors (Lipinski definition) is 3. The van der Waals surface area contributed by atoms with E-state index in [4.69, 9.17) is 32.8 Å². The Balaban J connectivity index is 1.77. The van der Waals surface area contributed by atoms with E-state index in [-0.39, 0.29) is 24.3 Å². The maximum absolute atomic E-state index is 13.1.